The van der Waals surface area contributed by atoms with Gasteiger partial charge in [0.05, 0.1) is 0 Å². The summed E-state index contributed by atoms with van der Waals surface area (Å²) in [6.07, 6.45) is 5.60. The molecule has 6 nitrogen and oxygen atoms in total. The van der Waals surface area contributed by atoms with Crippen LogP contribution >= 0.6 is 0 Å². The Bertz CT molecular complexity index is 683. The molecule has 0 radical (unpaired) electrons. The van der Waals surface area contributed by atoms with E-state index in [-0.39, 0.29) is 5.91 Å². The molecule has 1 amide bonds. The van der Waals surface area contributed by atoms with Crippen molar-refractivity contribution >= 4 is 17.4 Å². The first-order valence-corrected chi connectivity index (χ1v) is 8.93. The molecule has 0 bridgehead atoms. The van der Waals surface area contributed by atoms with Gasteiger partial charge < -0.3 is 15.1 Å². The standard InChI is InChI=1S/C19H25N5O/c1-2-3-8-22-19(25)17-15-16(7-10-20-17)23-11-13-24(14-12-23)18-6-4-5-9-21-18/h4-7,9-10,15H,2-3,8,11-14H2,1H3,(H,22,25). The van der Waals surface area contributed by atoms with E-state index in [9.17, 15) is 4.79 Å². The highest BCUT2D eigenvalue weighted by atomic mass is 16.1. The lowest BCUT2D eigenvalue weighted by atomic mass is 10.2. The lowest BCUT2D eigenvalue weighted by Crippen LogP contribution is -2.46. The van der Waals surface area contributed by atoms with Gasteiger partial charge in [-0.3, -0.25) is 9.78 Å². The number of hydrogen-bond acceptors (Lipinski definition) is 5. The van der Waals surface area contributed by atoms with Gasteiger partial charge in [-0.05, 0) is 30.7 Å². The molecule has 0 unspecified atom stereocenters. The molecule has 2 aromatic heterocycles. The molecule has 1 fully saturated rings. The molecule has 132 valence electrons. The van der Waals surface area contributed by atoms with Crippen LogP contribution in [0.25, 0.3) is 0 Å². The van der Waals surface area contributed by atoms with Crippen LogP contribution in [-0.4, -0.2) is 48.6 Å². The van der Waals surface area contributed by atoms with Gasteiger partial charge >= 0.3 is 0 Å². The van der Waals surface area contributed by atoms with E-state index < -0.39 is 0 Å². The van der Waals surface area contributed by atoms with Gasteiger partial charge in [-0.25, -0.2) is 4.98 Å². The second-order valence-corrected chi connectivity index (χ2v) is 6.17. The summed E-state index contributed by atoms with van der Waals surface area (Å²) in [6, 6.07) is 9.85. The first kappa shape index (κ1) is 17.2. The van der Waals surface area contributed by atoms with Crippen LogP contribution in [0.3, 0.4) is 0 Å². The van der Waals surface area contributed by atoms with Crippen molar-refractivity contribution in [3.63, 3.8) is 0 Å². The topological polar surface area (TPSA) is 61.4 Å². The molecule has 3 heterocycles. The minimum absolute atomic E-state index is 0.0950. The average molecular weight is 339 g/mol. The number of amides is 1. The van der Waals surface area contributed by atoms with Gasteiger partial charge in [0, 0.05) is 50.8 Å². The highest BCUT2D eigenvalue weighted by molar-refractivity contribution is 5.93. The Morgan fingerprint density at radius 1 is 1.08 bits per heavy atom. The van der Waals surface area contributed by atoms with Crippen LogP contribution in [0.15, 0.2) is 42.7 Å². The van der Waals surface area contributed by atoms with Crippen molar-refractivity contribution < 1.29 is 4.79 Å². The number of piperazine rings is 1. The van der Waals surface area contributed by atoms with Crippen LogP contribution in [0, 0.1) is 0 Å². The summed E-state index contributed by atoms with van der Waals surface area (Å²) in [5.74, 6) is 0.926. The molecule has 1 aliphatic rings. The third-order valence-electron chi connectivity index (χ3n) is 4.41. The maximum Gasteiger partial charge on any atom is 0.269 e. The molecular formula is C19H25N5O. The van der Waals surface area contributed by atoms with Gasteiger partial charge in [-0.15, -0.1) is 0 Å². The van der Waals surface area contributed by atoms with Crippen LogP contribution in [0.1, 0.15) is 30.3 Å². The number of nitrogens with one attached hydrogen (secondary N) is 1. The van der Waals surface area contributed by atoms with Crippen LogP contribution in [-0.2, 0) is 0 Å². The molecule has 3 rings (SSSR count). The molecule has 0 aliphatic carbocycles. The first-order chi connectivity index (χ1) is 12.3. The minimum Gasteiger partial charge on any atom is -0.368 e. The molecule has 0 spiro atoms. The number of carbonyl (C=O) groups excluding carboxylic acids is 1. The van der Waals surface area contributed by atoms with Crippen molar-refractivity contribution in [3.8, 4) is 0 Å². The van der Waals surface area contributed by atoms with Crippen LogP contribution in [0.5, 0.6) is 0 Å². The summed E-state index contributed by atoms with van der Waals surface area (Å²) in [5.41, 5.74) is 1.54. The van der Waals surface area contributed by atoms with Crippen LogP contribution in [0.4, 0.5) is 11.5 Å². The van der Waals surface area contributed by atoms with Crippen molar-refractivity contribution in [1.82, 2.24) is 15.3 Å². The molecule has 0 atom stereocenters. The fourth-order valence-corrected chi connectivity index (χ4v) is 2.94. The normalized spacial score (nSPS) is 14.4. The maximum absolute atomic E-state index is 12.2. The van der Waals surface area contributed by atoms with E-state index in [2.05, 4.69) is 32.0 Å². The van der Waals surface area contributed by atoms with Gasteiger partial charge in [0.2, 0.25) is 0 Å². The number of aromatic nitrogens is 2. The highest BCUT2D eigenvalue weighted by Gasteiger charge is 2.19. The lowest BCUT2D eigenvalue weighted by molar-refractivity contribution is 0.0948. The Kier molecular flexibility index (Phi) is 5.82. The van der Waals surface area contributed by atoms with Crippen molar-refractivity contribution in [1.29, 1.82) is 0 Å². The van der Waals surface area contributed by atoms with E-state index >= 15 is 0 Å². The van der Waals surface area contributed by atoms with E-state index in [4.69, 9.17) is 0 Å². The molecule has 1 saturated heterocycles. The van der Waals surface area contributed by atoms with Gasteiger partial charge in [0.15, 0.2) is 0 Å². The third kappa shape index (κ3) is 4.47. The van der Waals surface area contributed by atoms with E-state index in [1.807, 2.05) is 36.5 Å². The number of hydrogen-bond donors (Lipinski definition) is 1. The fourth-order valence-electron chi connectivity index (χ4n) is 2.94. The SMILES string of the molecule is CCCCNC(=O)c1cc(N2CCN(c3ccccn3)CC2)ccn1. The molecule has 1 aliphatic heterocycles. The Labute approximate surface area is 148 Å². The van der Waals surface area contributed by atoms with Crippen LogP contribution in [0.2, 0.25) is 0 Å². The van der Waals surface area contributed by atoms with Crippen molar-refractivity contribution in [3.05, 3.63) is 48.4 Å². The van der Waals surface area contributed by atoms with E-state index in [1.165, 1.54) is 0 Å². The predicted octanol–water partition coefficient (Wildman–Crippen LogP) is 2.33. The van der Waals surface area contributed by atoms with Gasteiger partial charge in [0.25, 0.3) is 5.91 Å². The largest absolute Gasteiger partial charge is 0.368 e. The third-order valence-corrected chi connectivity index (χ3v) is 4.41. The summed E-state index contributed by atoms with van der Waals surface area (Å²) < 4.78 is 0. The van der Waals surface area contributed by atoms with Crippen molar-refractivity contribution in [2.24, 2.45) is 0 Å². The molecule has 2 aromatic rings. The second kappa shape index (κ2) is 8.46. The summed E-state index contributed by atoms with van der Waals surface area (Å²) in [7, 11) is 0. The molecular weight excluding hydrogens is 314 g/mol. The number of unbranched alkanes of at least 4 members (excludes halogenated alkanes) is 1. The number of anilines is 2. The zero-order chi connectivity index (χ0) is 17.5. The zero-order valence-corrected chi connectivity index (χ0v) is 14.7. The smallest absolute Gasteiger partial charge is 0.269 e. The van der Waals surface area contributed by atoms with Crippen molar-refractivity contribution in [2.75, 3.05) is 42.5 Å². The predicted molar refractivity (Wildman–Crippen MR) is 100 cm³/mol. The Hall–Kier alpha value is -2.63. The molecule has 1 N–H and O–H groups in total. The quantitative estimate of drug-likeness (QED) is 0.819. The minimum atomic E-state index is -0.0950. The second-order valence-electron chi connectivity index (χ2n) is 6.17. The van der Waals surface area contributed by atoms with Gasteiger partial charge in [-0.2, -0.15) is 0 Å². The number of carbonyl (C=O) groups is 1. The summed E-state index contributed by atoms with van der Waals surface area (Å²) in [6.45, 7) is 6.43. The first-order valence-electron chi connectivity index (χ1n) is 8.93. The highest BCUT2D eigenvalue weighted by Crippen LogP contribution is 2.19. The summed E-state index contributed by atoms with van der Waals surface area (Å²) in [4.78, 5) is 25.4. The molecule has 0 aromatic carbocycles. The molecule has 6 heteroatoms. The monoisotopic (exact) mass is 339 g/mol. The average Bonchev–Trinajstić information content (AvgIpc) is 2.69. The number of rotatable bonds is 6. The number of nitrogens with zero attached hydrogens (tertiary/aromatic N) is 4. The van der Waals surface area contributed by atoms with Crippen LogP contribution < -0.4 is 15.1 Å². The Morgan fingerprint density at radius 3 is 2.60 bits per heavy atom. The summed E-state index contributed by atoms with van der Waals surface area (Å²) >= 11 is 0. The van der Waals surface area contributed by atoms with E-state index in [0.717, 1.165) is 50.5 Å². The Morgan fingerprint density at radius 2 is 1.88 bits per heavy atom. The van der Waals surface area contributed by atoms with E-state index in [1.54, 1.807) is 6.20 Å². The zero-order valence-electron chi connectivity index (χ0n) is 14.7. The van der Waals surface area contributed by atoms with E-state index in [0.29, 0.717) is 12.2 Å². The maximum atomic E-state index is 12.2. The molecule has 0 saturated carbocycles. The van der Waals surface area contributed by atoms with Crippen molar-refractivity contribution in [2.45, 2.75) is 19.8 Å². The fraction of sp³-hybridized carbons (Fsp3) is 0.421. The number of pyridine rings is 2. The van der Waals surface area contributed by atoms with Gasteiger partial charge in [-0.1, -0.05) is 19.4 Å². The molecule has 25 heavy (non-hydrogen) atoms. The summed E-state index contributed by atoms with van der Waals surface area (Å²) in [5, 5.41) is 2.92. The Balaban J connectivity index is 1.60. The van der Waals surface area contributed by atoms with Gasteiger partial charge in [0.1, 0.15) is 11.5 Å². The lowest BCUT2D eigenvalue weighted by Gasteiger charge is -2.36.